The third kappa shape index (κ3) is 2.35. The first-order chi connectivity index (χ1) is 10.6. The van der Waals surface area contributed by atoms with Gasteiger partial charge in [-0.15, -0.1) is 6.58 Å². The number of carbonyl (C=O) groups excluding carboxylic acids is 1. The molecule has 0 N–H and O–H groups in total. The molecule has 1 aliphatic heterocycles. The zero-order valence-electron chi connectivity index (χ0n) is 13.1. The minimum atomic E-state index is -0.112. The first-order valence-electron chi connectivity index (χ1n) is 7.71. The van der Waals surface area contributed by atoms with E-state index in [1.165, 1.54) is 5.56 Å². The number of fused-ring (bicyclic) bond motifs is 1. The quantitative estimate of drug-likeness (QED) is 0.616. The lowest BCUT2D eigenvalue weighted by Crippen LogP contribution is -2.34. The summed E-state index contributed by atoms with van der Waals surface area (Å²) >= 11 is 0. The number of hydrogen-bond acceptors (Lipinski definition) is 2. The predicted molar refractivity (Wildman–Crippen MR) is 91.7 cm³/mol. The number of ketones is 1. The molecule has 0 aliphatic carbocycles. The molecule has 0 saturated carbocycles. The smallest absolute Gasteiger partial charge is 0.172 e. The van der Waals surface area contributed by atoms with Crippen LogP contribution in [-0.2, 0) is 0 Å². The van der Waals surface area contributed by atoms with Crippen molar-refractivity contribution in [3.63, 3.8) is 0 Å². The zero-order valence-corrected chi connectivity index (χ0v) is 13.1. The van der Waals surface area contributed by atoms with E-state index >= 15 is 0 Å². The Morgan fingerprint density at radius 3 is 2.55 bits per heavy atom. The van der Waals surface area contributed by atoms with Gasteiger partial charge in [-0.1, -0.05) is 54.1 Å². The van der Waals surface area contributed by atoms with Crippen LogP contribution >= 0.6 is 0 Å². The lowest BCUT2D eigenvalue weighted by Gasteiger charge is -2.25. The number of carbonyl (C=O) groups is 1. The van der Waals surface area contributed by atoms with Crippen LogP contribution < -0.4 is 4.90 Å². The van der Waals surface area contributed by atoms with Gasteiger partial charge in [-0.05, 0) is 25.5 Å². The number of benzene rings is 2. The van der Waals surface area contributed by atoms with Gasteiger partial charge >= 0.3 is 0 Å². The van der Waals surface area contributed by atoms with Crippen LogP contribution in [0.25, 0.3) is 0 Å². The molecule has 2 unspecified atom stereocenters. The van der Waals surface area contributed by atoms with Gasteiger partial charge in [-0.25, -0.2) is 0 Å². The van der Waals surface area contributed by atoms with Crippen LogP contribution in [0.4, 0.5) is 5.69 Å². The van der Waals surface area contributed by atoms with Gasteiger partial charge in [0.1, 0.15) is 0 Å². The predicted octanol–water partition coefficient (Wildman–Crippen LogP) is 4.36. The summed E-state index contributed by atoms with van der Waals surface area (Å²) in [6.07, 6.45) is 1.89. The topological polar surface area (TPSA) is 20.3 Å². The molecule has 0 saturated heterocycles. The molecule has 2 aromatic carbocycles. The number of para-hydroxylation sites is 1. The van der Waals surface area contributed by atoms with Gasteiger partial charge in [0, 0.05) is 23.8 Å². The maximum atomic E-state index is 13.0. The van der Waals surface area contributed by atoms with Crippen LogP contribution in [0.2, 0.25) is 0 Å². The molecule has 0 aromatic heterocycles. The Bertz CT molecular complexity index is 702. The van der Waals surface area contributed by atoms with Gasteiger partial charge in [0.2, 0.25) is 0 Å². The number of hydrogen-bond donors (Lipinski definition) is 0. The molecule has 1 heterocycles. The van der Waals surface area contributed by atoms with Gasteiger partial charge in [0.15, 0.2) is 5.78 Å². The van der Waals surface area contributed by atoms with Crippen molar-refractivity contribution in [1.29, 1.82) is 0 Å². The van der Waals surface area contributed by atoms with E-state index in [4.69, 9.17) is 0 Å². The van der Waals surface area contributed by atoms with Crippen molar-refractivity contribution >= 4 is 11.5 Å². The fourth-order valence-corrected chi connectivity index (χ4v) is 3.33. The third-order valence-electron chi connectivity index (χ3n) is 4.50. The maximum absolute atomic E-state index is 13.0. The average Bonchev–Trinajstić information content (AvgIpc) is 2.80. The summed E-state index contributed by atoms with van der Waals surface area (Å²) in [6, 6.07) is 16.2. The molecule has 0 radical (unpaired) electrons. The molecule has 22 heavy (non-hydrogen) atoms. The van der Waals surface area contributed by atoms with Gasteiger partial charge in [-0.2, -0.15) is 0 Å². The van der Waals surface area contributed by atoms with Crippen LogP contribution in [0.5, 0.6) is 0 Å². The second kappa shape index (κ2) is 5.80. The largest absolute Gasteiger partial charge is 0.364 e. The highest BCUT2D eigenvalue weighted by molar-refractivity contribution is 6.03. The fourth-order valence-electron chi connectivity index (χ4n) is 3.33. The number of aryl methyl sites for hydroxylation is 1. The molecule has 1 aliphatic rings. The summed E-state index contributed by atoms with van der Waals surface area (Å²) in [5, 5.41) is 0. The number of rotatable bonds is 4. The number of nitrogens with zero attached hydrogens (tertiary/aromatic N) is 1. The number of Topliss-reactive ketones (excluding diaryl/α,β-unsaturated/α-hetero) is 1. The Kier molecular flexibility index (Phi) is 3.84. The van der Waals surface area contributed by atoms with Gasteiger partial charge in [-0.3, -0.25) is 4.79 Å². The Morgan fingerprint density at radius 2 is 1.86 bits per heavy atom. The normalized spacial score (nSPS) is 19.8. The van der Waals surface area contributed by atoms with E-state index in [1.807, 2.05) is 49.4 Å². The zero-order chi connectivity index (χ0) is 15.7. The van der Waals surface area contributed by atoms with E-state index < -0.39 is 0 Å². The fraction of sp³-hybridized carbons (Fsp3) is 0.250. The first-order valence-corrected chi connectivity index (χ1v) is 7.71. The highest BCUT2D eigenvalue weighted by Gasteiger charge is 2.39. The lowest BCUT2D eigenvalue weighted by atomic mass is 9.88. The summed E-state index contributed by atoms with van der Waals surface area (Å²) in [7, 11) is 0. The SMILES string of the molecule is C=CCN1c2ccccc2C(C(=O)c2ccc(C)cc2)C1C. The Morgan fingerprint density at radius 1 is 1.18 bits per heavy atom. The first kappa shape index (κ1) is 14.6. The minimum absolute atomic E-state index is 0.112. The lowest BCUT2D eigenvalue weighted by molar-refractivity contribution is 0.0953. The molecule has 0 spiro atoms. The highest BCUT2D eigenvalue weighted by Crippen LogP contribution is 2.42. The van der Waals surface area contributed by atoms with E-state index in [-0.39, 0.29) is 17.7 Å². The van der Waals surface area contributed by atoms with Crippen LogP contribution in [0.3, 0.4) is 0 Å². The molecule has 2 heteroatoms. The van der Waals surface area contributed by atoms with Crippen LogP contribution in [0, 0.1) is 6.92 Å². The average molecular weight is 291 g/mol. The minimum Gasteiger partial charge on any atom is -0.364 e. The Balaban J connectivity index is 2.01. The van der Waals surface area contributed by atoms with Gasteiger partial charge in [0.05, 0.1) is 5.92 Å². The Hall–Kier alpha value is -2.35. The summed E-state index contributed by atoms with van der Waals surface area (Å²) in [6.45, 7) is 8.76. The molecule has 2 atom stereocenters. The summed E-state index contributed by atoms with van der Waals surface area (Å²) in [5.41, 5.74) is 4.24. The molecular formula is C20H21NO. The van der Waals surface area contributed by atoms with Gasteiger partial charge < -0.3 is 4.90 Å². The van der Waals surface area contributed by atoms with Crippen LogP contribution in [-0.4, -0.2) is 18.4 Å². The van der Waals surface area contributed by atoms with Crippen LogP contribution in [0.15, 0.2) is 61.2 Å². The molecule has 3 rings (SSSR count). The number of anilines is 1. The molecular weight excluding hydrogens is 270 g/mol. The second-order valence-electron chi connectivity index (χ2n) is 5.95. The molecule has 0 amide bonds. The van der Waals surface area contributed by atoms with Gasteiger partial charge in [0.25, 0.3) is 0 Å². The van der Waals surface area contributed by atoms with E-state index in [2.05, 4.69) is 30.5 Å². The monoisotopic (exact) mass is 291 g/mol. The third-order valence-corrected chi connectivity index (χ3v) is 4.50. The molecule has 0 fully saturated rings. The van der Waals surface area contributed by atoms with Crippen molar-refractivity contribution in [2.75, 3.05) is 11.4 Å². The molecule has 2 nitrogen and oxygen atoms in total. The van der Waals surface area contributed by atoms with Crippen molar-refractivity contribution in [2.45, 2.75) is 25.8 Å². The van der Waals surface area contributed by atoms with E-state index in [0.29, 0.717) is 0 Å². The van der Waals surface area contributed by atoms with Crippen LogP contribution in [0.1, 0.15) is 34.3 Å². The highest BCUT2D eigenvalue weighted by atomic mass is 16.1. The van der Waals surface area contributed by atoms with Crippen molar-refractivity contribution in [1.82, 2.24) is 0 Å². The molecule has 112 valence electrons. The standard InChI is InChI=1S/C20H21NO/c1-4-13-21-15(3)19(17-7-5-6-8-18(17)21)20(22)16-11-9-14(2)10-12-16/h4-12,15,19H,1,13H2,2-3H3. The van der Waals surface area contributed by atoms with Crippen molar-refractivity contribution < 1.29 is 4.79 Å². The summed E-state index contributed by atoms with van der Waals surface area (Å²) in [4.78, 5) is 15.3. The second-order valence-corrected chi connectivity index (χ2v) is 5.95. The van der Waals surface area contributed by atoms with E-state index in [0.717, 1.165) is 23.4 Å². The summed E-state index contributed by atoms with van der Waals surface area (Å²) in [5.74, 6) is 0.0883. The summed E-state index contributed by atoms with van der Waals surface area (Å²) < 4.78 is 0. The van der Waals surface area contributed by atoms with Crippen molar-refractivity contribution in [3.05, 3.63) is 77.9 Å². The van der Waals surface area contributed by atoms with E-state index in [1.54, 1.807) is 0 Å². The van der Waals surface area contributed by atoms with Crippen molar-refractivity contribution in [3.8, 4) is 0 Å². The van der Waals surface area contributed by atoms with Crippen molar-refractivity contribution in [2.24, 2.45) is 0 Å². The van der Waals surface area contributed by atoms with E-state index in [9.17, 15) is 4.79 Å². The maximum Gasteiger partial charge on any atom is 0.172 e. The molecule has 2 aromatic rings. The Labute approximate surface area is 132 Å². The molecule has 0 bridgehead atoms.